The summed E-state index contributed by atoms with van der Waals surface area (Å²) in [5, 5.41) is 8.87. The van der Waals surface area contributed by atoms with Crippen molar-refractivity contribution in [2.75, 3.05) is 0 Å². The molecule has 0 unspecified atom stereocenters. The smallest absolute Gasteiger partial charge is 0.506 e. The van der Waals surface area contributed by atoms with E-state index < -0.39 is 29.9 Å². The van der Waals surface area contributed by atoms with Gasteiger partial charge in [-0.05, 0) is 0 Å². The van der Waals surface area contributed by atoms with E-state index in [1.165, 1.54) is 0 Å². The first kappa shape index (κ1) is 11.5. The Morgan fingerprint density at radius 1 is 1.27 bits per heavy atom. The Morgan fingerprint density at radius 2 is 1.87 bits per heavy atom. The van der Waals surface area contributed by atoms with Crippen molar-refractivity contribution in [3.63, 3.8) is 0 Å². The van der Waals surface area contributed by atoms with Gasteiger partial charge in [0.15, 0.2) is 5.75 Å². The van der Waals surface area contributed by atoms with Gasteiger partial charge in [0.1, 0.15) is 11.3 Å². The molecule has 0 saturated carbocycles. The Kier molecular flexibility index (Phi) is 2.96. The lowest BCUT2D eigenvalue weighted by Gasteiger charge is -2.12. The van der Waals surface area contributed by atoms with Gasteiger partial charge in [-0.15, -0.1) is 13.2 Å². The van der Waals surface area contributed by atoms with Gasteiger partial charge in [0, 0.05) is 0 Å². The van der Waals surface area contributed by atoms with E-state index in [1.807, 2.05) is 0 Å². The second-order valence-electron chi connectivity index (χ2n) is 2.42. The van der Waals surface area contributed by atoms with Crippen LogP contribution in [-0.2, 0) is 0 Å². The van der Waals surface area contributed by atoms with Crippen molar-refractivity contribution < 1.29 is 31.8 Å². The second kappa shape index (κ2) is 3.87. The van der Waals surface area contributed by atoms with E-state index in [-0.39, 0.29) is 0 Å². The fourth-order valence-corrected chi connectivity index (χ4v) is 0.866. The van der Waals surface area contributed by atoms with Gasteiger partial charge < -0.3 is 9.84 Å². The number of aromatic hydroxyl groups is 1. The Bertz CT molecular complexity index is 352. The fourth-order valence-electron chi connectivity index (χ4n) is 0.866. The van der Waals surface area contributed by atoms with Crippen LogP contribution in [0.5, 0.6) is 11.5 Å². The molecule has 0 aliphatic carbocycles. The number of nitrogens with zero attached hydrogens (tertiary/aromatic N) is 1. The number of hydrogen-bond acceptors (Lipinski definition) is 3. The number of aromatic nitrogens is 1. The highest BCUT2D eigenvalue weighted by molar-refractivity contribution is 5.41. The van der Waals surface area contributed by atoms with Crippen LogP contribution in [0.25, 0.3) is 0 Å². The SMILES string of the molecule is Oc1cncc(OC(F)(F)F)c1C(F)F. The van der Waals surface area contributed by atoms with Gasteiger partial charge in [0.2, 0.25) is 0 Å². The van der Waals surface area contributed by atoms with Crippen molar-refractivity contribution in [3.8, 4) is 11.5 Å². The predicted octanol–water partition coefficient (Wildman–Crippen LogP) is 2.62. The van der Waals surface area contributed by atoms with E-state index in [0.717, 1.165) is 0 Å². The molecule has 0 bridgehead atoms. The molecule has 84 valence electrons. The molecular formula is C7H4F5NO2. The maximum atomic E-state index is 12.2. The van der Waals surface area contributed by atoms with Crippen LogP contribution >= 0.6 is 0 Å². The van der Waals surface area contributed by atoms with Crippen LogP contribution in [0.1, 0.15) is 12.0 Å². The van der Waals surface area contributed by atoms with Crippen LogP contribution in [0.4, 0.5) is 22.0 Å². The van der Waals surface area contributed by atoms with E-state index in [4.69, 9.17) is 5.11 Å². The molecule has 1 N–H and O–H groups in total. The summed E-state index contributed by atoms with van der Waals surface area (Å²) < 4.78 is 62.9. The van der Waals surface area contributed by atoms with E-state index in [9.17, 15) is 22.0 Å². The zero-order valence-electron chi connectivity index (χ0n) is 6.92. The predicted molar refractivity (Wildman–Crippen MR) is 37.5 cm³/mol. The first-order valence-electron chi connectivity index (χ1n) is 3.52. The van der Waals surface area contributed by atoms with Crippen LogP contribution in [0.2, 0.25) is 0 Å². The number of pyridine rings is 1. The molecule has 0 spiro atoms. The zero-order valence-corrected chi connectivity index (χ0v) is 6.92. The third-order valence-electron chi connectivity index (χ3n) is 1.37. The molecule has 1 aromatic heterocycles. The normalized spacial score (nSPS) is 11.9. The summed E-state index contributed by atoms with van der Waals surface area (Å²) in [4.78, 5) is 3.10. The molecule has 1 aromatic rings. The van der Waals surface area contributed by atoms with Crippen LogP contribution in [0, 0.1) is 0 Å². The van der Waals surface area contributed by atoms with Crippen molar-refractivity contribution in [2.45, 2.75) is 12.8 Å². The Labute approximate surface area is 80.1 Å². The molecule has 0 fully saturated rings. The molecule has 0 saturated heterocycles. The minimum Gasteiger partial charge on any atom is -0.506 e. The highest BCUT2D eigenvalue weighted by Crippen LogP contribution is 2.37. The summed E-state index contributed by atoms with van der Waals surface area (Å²) in [7, 11) is 0. The van der Waals surface area contributed by atoms with Crippen molar-refractivity contribution >= 4 is 0 Å². The third-order valence-corrected chi connectivity index (χ3v) is 1.37. The quantitative estimate of drug-likeness (QED) is 0.792. The second-order valence-corrected chi connectivity index (χ2v) is 2.42. The topological polar surface area (TPSA) is 42.4 Å². The van der Waals surface area contributed by atoms with E-state index in [1.54, 1.807) is 0 Å². The average molecular weight is 229 g/mol. The van der Waals surface area contributed by atoms with Gasteiger partial charge in [-0.1, -0.05) is 0 Å². The molecule has 15 heavy (non-hydrogen) atoms. The van der Waals surface area contributed by atoms with Gasteiger partial charge in [-0.25, -0.2) is 8.78 Å². The molecule has 1 rings (SSSR count). The number of rotatable bonds is 2. The molecule has 1 heterocycles. The molecule has 8 heteroatoms. The minimum atomic E-state index is -5.11. The first-order valence-corrected chi connectivity index (χ1v) is 3.52. The lowest BCUT2D eigenvalue weighted by molar-refractivity contribution is -0.275. The Morgan fingerprint density at radius 3 is 2.33 bits per heavy atom. The summed E-state index contributed by atoms with van der Waals surface area (Å²) in [5.74, 6) is -2.26. The van der Waals surface area contributed by atoms with Crippen molar-refractivity contribution in [3.05, 3.63) is 18.0 Å². The highest BCUT2D eigenvalue weighted by Gasteiger charge is 2.34. The zero-order chi connectivity index (χ0) is 11.6. The fraction of sp³-hybridized carbons (Fsp3) is 0.286. The summed E-state index contributed by atoms with van der Waals surface area (Å²) in [6, 6.07) is 0. The van der Waals surface area contributed by atoms with E-state index in [2.05, 4.69) is 9.72 Å². The number of alkyl halides is 5. The summed E-state index contributed by atoms with van der Waals surface area (Å²) in [6.07, 6.45) is -7.34. The lowest BCUT2D eigenvalue weighted by Crippen LogP contribution is -2.18. The number of halogens is 5. The molecule has 3 nitrogen and oxygen atoms in total. The molecule has 0 aliphatic rings. The van der Waals surface area contributed by atoms with E-state index >= 15 is 0 Å². The molecule has 0 aromatic carbocycles. The lowest BCUT2D eigenvalue weighted by atomic mass is 10.2. The van der Waals surface area contributed by atoms with Crippen molar-refractivity contribution in [1.82, 2.24) is 4.98 Å². The van der Waals surface area contributed by atoms with Gasteiger partial charge in [-0.2, -0.15) is 0 Å². The van der Waals surface area contributed by atoms with Crippen molar-refractivity contribution in [1.29, 1.82) is 0 Å². The average Bonchev–Trinajstić information content (AvgIpc) is 1.99. The molecule has 0 amide bonds. The van der Waals surface area contributed by atoms with Gasteiger partial charge in [0.05, 0.1) is 12.4 Å². The van der Waals surface area contributed by atoms with Gasteiger partial charge in [-0.3, -0.25) is 4.98 Å². The number of hydrogen-bond donors (Lipinski definition) is 1. The Balaban J connectivity index is 3.12. The maximum Gasteiger partial charge on any atom is 0.573 e. The van der Waals surface area contributed by atoms with Crippen molar-refractivity contribution in [2.24, 2.45) is 0 Å². The summed E-state index contributed by atoms with van der Waals surface area (Å²) in [6.45, 7) is 0. The van der Waals surface area contributed by atoms with Crippen LogP contribution in [0.15, 0.2) is 12.4 Å². The van der Waals surface area contributed by atoms with Crippen LogP contribution < -0.4 is 4.74 Å². The standard InChI is InChI=1S/C7H4F5NO2/c8-6(9)5-3(14)1-13-2-4(5)15-7(10,11)12/h1-2,6,14H. The molecule has 0 aliphatic heterocycles. The van der Waals surface area contributed by atoms with Gasteiger partial charge >= 0.3 is 6.36 Å². The Hall–Kier alpha value is -1.60. The van der Waals surface area contributed by atoms with Gasteiger partial charge in [0.25, 0.3) is 6.43 Å². The number of ether oxygens (including phenoxy) is 1. The first-order chi connectivity index (χ1) is 6.81. The largest absolute Gasteiger partial charge is 0.573 e. The third kappa shape index (κ3) is 2.93. The molecule has 0 atom stereocenters. The summed E-state index contributed by atoms with van der Waals surface area (Å²) in [5.41, 5.74) is -1.23. The molecular weight excluding hydrogens is 225 g/mol. The maximum absolute atomic E-state index is 12.2. The highest BCUT2D eigenvalue weighted by atomic mass is 19.4. The van der Waals surface area contributed by atoms with Crippen LogP contribution in [-0.4, -0.2) is 16.5 Å². The van der Waals surface area contributed by atoms with Crippen LogP contribution in [0.3, 0.4) is 0 Å². The minimum absolute atomic E-state index is 0.453. The summed E-state index contributed by atoms with van der Waals surface area (Å²) >= 11 is 0. The monoisotopic (exact) mass is 229 g/mol. The molecule has 0 radical (unpaired) electrons. The van der Waals surface area contributed by atoms with E-state index in [0.29, 0.717) is 12.4 Å².